The van der Waals surface area contributed by atoms with Crippen LogP contribution >= 0.6 is 0 Å². The highest BCUT2D eigenvalue weighted by Crippen LogP contribution is 2.55. The van der Waals surface area contributed by atoms with E-state index in [1.54, 1.807) is 16.0 Å². The molecule has 4 heteroatoms. The van der Waals surface area contributed by atoms with E-state index in [0.717, 1.165) is 30.3 Å². The molecular formula is C22H35N2O2+. The van der Waals surface area contributed by atoms with Crippen molar-refractivity contribution in [3.05, 3.63) is 11.1 Å². The Bertz CT molecular complexity index is 587. The van der Waals surface area contributed by atoms with E-state index in [4.69, 9.17) is 0 Å². The Morgan fingerprint density at radius 3 is 1.81 bits per heavy atom. The van der Waals surface area contributed by atoms with Crippen molar-refractivity contribution in [2.45, 2.75) is 57.8 Å². The van der Waals surface area contributed by atoms with Crippen molar-refractivity contribution in [2.75, 3.05) is 34.2 Å². The summed E-state index contributed by atoms with van der Waals surface area (Å²) in [4.78, 5) is 28.3. The first-order valence-corrected chi connectivity index (χ1v) is 10.8. The fourth-order valence-corrected chi connectivity index (χ4v) is 6.21. The van der Waals surface area contributed by atoms with E-state index >= 15 is 0 Å². The summed E-state index contributed by atoms with van der Waals surface area (Å²) in [5.41, 5.74) is 3.22. The lowest BCUT2D eigenvalue weighted by Crippen LogP contribution is -2.41. The van der Waals surface area contributed by atoms with Gasteiger partial charge in [-0.3, -0.25) is 14.5 Å². The van der Waals surface area contributed by atoms with Crippen LogP contribution in [0.1, 0.15) is 57.8 Å². The van der Waals surface area contributed by atoms with Crippen LogP contribution in [0.15, 0.2) is 11.1 Å². The molecule has 4 unspecified atom stereocenters. The molecule has 1 heterocycles. The minimum Gasteiger partial charge on any atom is -0.331 e. The standard InChI is InChI=1S/C22H35N2O2/c1-24(2,3)14-8-13-23-21(25)19-17-11-6-4-9-15(17)16-10-5-7-12-18(16)20(19)22(23)26/h17-20H,4-14H2,1-3H3/q+1. The van der Waals surface area contributed by atoms with Gasteiger partial charge in [0.15, 0.2) is 0 Å². The number of amides is 2. The topological polar surface area (TPSA) is 37.4 Å². The molecule has 0 aromatic rings. The van der Waals surface area contributed by atoms with Crippen LogP contribution in [-0.4, -0.2) is 55.4 Å². The third-order valence-corrected chi connectivity index (χ3v) is 7.30. The average Bonchev–Trinajstić information content (AvgIpc) is 2.86. The molecule has 4 rings (SSSR count). The maximum Gasteiger partial charge on any atom is 0.233 e. The molecule has 2 amide bonds. The number of hydrogen-bond acceptors (Lipinski definition) is 2. The lowest BCUT2D eigenvalue weighted by Gasteiger charge is -2.44. The Hall–Kier alpha value is -1.16. The Morgan fingerprint density at radius 1 is 0.846 bits per heavy atom. The van der Waals surface area contributed by atoms with Crippen LogP contribution < -0.4 is 0 Å². The quantitative estimate of drug-likeness (QED) is 0.438. The van der Waals surface area contributed by atoms with Gasteiger partial charge in [0.05, 0.1) is 39.5 Å². The summed E-state index contributed by atoms with van der Waals surface area (Å²) in [6.45, 7) is 1.61. The SMILES string of the molecule is C[N+](C)(C)CCCN1C(=O)C2C3CCCCC3=C3CCCCC3C2C1=O. The molecule has 26 heavy (non-hydrogen) atoms. The van der Waals surface area contributed by atoms with Crippen molar-refractivity contribution < 1.29 is 14.1 Å². The molecule has 4 aliphatic rings. The molecule has 144 valence electrons. The largest absolute Gasteiger partial charge is 0.331 e. The summed E-state index contributed by atoms with van der Waals surface area (Å²) in [6, 6.07) is 0. The van der Waals surface area contributed by atoms with Gasteiger partial charge in [0, 0.05) is 13.0 Å². The van der Waals surface area contributed by atoms with E-state index in [0.29, 0.717) is 18.4 Å². The number of fused-ring (bicyclic) bond motifs is 5. The number of quaternary nitrogens is 1. The number of allylic oxidation sites excluding steroid dienone is 2. The summed E-state index contributed by atoms with van der Waals surface area (Å²) in [5.74, 6) is 1.00. The molecule has 4 atom stereocenters. The summed E-state index contributed by atoms with van der Waals surface area (Å²) in [5, 5.41) is 0. The zero-order chi connectivity index (χ0) is 18.5. The molecule has 0 radical (unpaired) electrons. The third-order valence-electron chi connectivity index (χ3n) is 7.30. The highest BCUT2D eigenvalue weighted by molar-refractivity contribution is 6.06. The van der Waals surface area contributed by atoms with E-state index in [1.807, 2.05) is 0 Å². The molecule has 2 saturated carbocycles. The van der Waals surface area contributed by atoms with Gasteiger partial charge in [0.25, 0.3) is 0 Å². The summed E-state index contributed by atoms with van der Waals surface area (Å²) in [7, 11) is 6.50. The second-order valence-corrected chi connectivity index (χ2v) is 10.0. The molecule has 0 spiro atoms. The van der Waals surface area contributed by atoms with E-state index in [1.165, 1.54) is 38.5 Å². The van der Waals surface area contributed by atoms with Gasteiger partial charge in [-0.05, 0) is 50.4 Å². The minimum atomic E-state index is -0.0335. The van der Waals surface area contributed by atoms with Gasteiger partial charge < -0.3 is 4.48 Å². The Morgan fingerprint density at radius 2 is 1.35 bits per heavy atom. The van der Waals surface area contributed by atoms with Gasteiger partial charge in [-0.25, -0.2) is 0 Å². The Balaban J connectivity index is 1.60. The van der Waals surface area contributed by atoms with Gasteiger partial charge in [-0.15, -0.1) is 0 Å². The van der Waals surface area contributed by atoms with Crippen molar-refractivity contribution >= 4 is 11.8 Å². The van der Waals surface area contributed by atoms with Gasteiger partial charge in [-0.1, -0.05) is 24.0 Å². The van der Waals surface area contributed by atoms with E-state index < -0.39 is 0 Å². The third kappa shape index (κ3) is 3.04. The molecule has 3 aliphatic carbocycles. The van der Waals surface area contributed by atoms with Crippen LogP contribution in [0.4, 0.5) is 0 Å². The smallest absolute Gasteiger partial charge is 0.233 e. The molecule has 0 aromatic heterocycles. The van der Waals surface area contributed by atoms with Crippen molar-refractivity contribution in [1.29, 1.82) is 0 Å². The highest BCUT2D eigenvalue weighted by Gasteiger charge is 2.57. The number of imide groups is 1. The maximum atomic E-state index is 13.3. The van der Waals surface area contributed by atoms with Crippen molar-refractivity contribution in [3.8, 4) is 0 Å². The maximum absolute atomic E-state index is 13.3. The van der Waals surface area contributed by atoms with E-state index in [9.17, 15) is 9.59 Å². The Labute approximate surface area is 158 Å². The predicted molar refractivity (Wildman–Crippen MR) is 102 cm³/mol. The van der Waals surface area contributed by atoms with Crippen LogP contribution in [0, 0.1) is 23.7 Å². The molecule has 4 nitrogen and oxygen atoms in total. The number of rotatable bonds is 4. The van der Waals surface area contributed by atoms with Crippen LogP contribution in [0.2, 0.25) is 0 Å². The summed E-state index contributed by atoms with van der Waals surface area (Å²) < 4.78 is 0.879. The predicted octanol–water partition coefficient (Wildman–Crippen LogP) is 3.37. The Kier molecular flexibility index (Phi) is 4.75. The summed E-state index contributed by atoms with van der Waals surface area (Å²) >= 11 is 0. The summed E-state index contributed by atoms with van der Waals surface area (Å²) in [6.07, 6.45) is 10.5. The van der Waals surface area contributed by atoms with Gasteiger partial charge in [0.2, 0.25) is 11.8 Å². The monoisotopic (exact) mass is 359 g/mol. The molecule has 1 aliphatic heterocycles. The second-order valence-electron chi connectivity index (χ2n) is 10.0. The molecule has 0 N–H and O–H groups in total. The molecular weight excluding hydrogens is 324 g/mol. The molecule has 0 bridgehead atoms. The van der Waals surface area contributed by atoms with Crippen LogP contribution in [0.5, 0.6) is 0 Å². The first-order valence-electron chi connectivity index (χ1n) is 10.8. The molecule has 1 saturated heterocycles. The van der Waals surface area contributed by atoms with Crippen LogP contribution in [0.3, 0.4) is 0 Å². The first-order chi connectivity index (χ1) is 12.4. The fourth-order valence-electron chi connectivity index (χ4n) is 6.21. The number of carbonyl (C=O) groups excluding carboxylic acids is 2. The fraction of sp³-hybridized carbons (Fsp3) is 0.818. The number of likely N-dealkylation sites (tertiary alicyclic amines) is 1. The normalized spacial score (nSPS) is 34.7. The second kappa shape index (κ2) is 6.78. The van der Waals surface area contributed by atoms with E-state index in [2.05, 4.69) is 21.1 Å². The molecule has 3 fully saturated rings. The van der Waals surface area contributed by atoms with Crippen LogP contribution in [0.25, 0.3) is 0 Å². The van der Waals surface area contributed by atoms with Gasteiger partial charge >= 0.3 is 0 Å². The van der Waals surface area contributed by atoms with Crippen LogP contribution in [-0.2, 0) is 9.59 Å². The van der Waals surface area contributed by atoms with E-state index in [-0.39, 0.29) is 23.7 Å². The lowest BCUT2D eigenvalue weighted by molar-refractivity contribution is -0.870. The van der Waals surface area contributed by atoms with Crippen molar-refractivity contribution in [2.24, 2.45) is 23.7 Å². The zero-order valence-corrected chi connectivity index (χ0v) is 16.8. The highest BCUT2D eigenvalue weighted by atomic mass is 16.2. The van der Waals surface area contributed by atoms with Crippen molar-refractivity contribution in [3.63, 3.8) is 0 Å². The first kappa shape index (κ1) is 18.2. The molecule has 0 aromatic carbocycles. The average molecular weight is 360 g/mol. The number of nitrogens with zero attached hydrogens (tertiary/aromatic N) is 2. The van der Waals surface area contributed by atoms with Gasteiger partial charge in [0.1, 0.15) is 0 Å². The minimum absolute atomic E-state index is 0.0335. The van der Waals surface area contributed by atoms with Gasteiger partial charge in [-0.2, -0.15) is 0 Å². The van der Waals surface area contributed by atoms with Crippen molar-refractivity contribution in [1.82, 2.24) is 4.90 Å². The zero-order valence-electron chi connectivity index (χ0n) is 16.8. The number of carbonyl (C=O) groups is 2. The number of hydrogen-bond donors (Lipinski definition) is 0. The lowest BCUT2D eigenvalue weighted by atomic mass is 9.58.